The van der Waals surface area contributed by atoms with Gasteiger partial charge in [0.05, 0.1) is 0 Å². The van der Waals surface area contributed by atoms with E-state index in [-0.39, 0.29) is 0 Å². The van der Waals surface area contributed by atoms with Gasteiger partial charge in [-0.3, -0.25) is 0 Å². The summed E-state index contributed by atoms with van der Waals surface area (Å²) in [5.74, 6) is 0.709. The molecule has 0 unspecified atom stereocenters. The van der Waals surface area contributed by atoms with E-state index in [1.54, 1.807) is 0 Å². The van der Waals surface area contributed by atoms with Crippen molar-refractivity contribution in [3.05, 3.63) is 34.7 Å². The average molecular weight is 232 g/mol. The SMILES string of the molecule is Cc1cc2ccc(C3CCOCC3)cc2s1. The van der Waals surface area contributed by atoms with E-state index in [1.807, 2.05) is 11.3 Å². The molecule has 0 N–H and O–H groups in total. The predicted molar refractivity (Wildman–Crippen MR) is 69.4 cm³/mol. The highest BCUT2D eigenvalue weighted by Gasteiger charge is 2.16. The number of benzene rings is 1. The van der Waals surface area contributed by atoms with Crippen LogP contribution < -0.4 is 0 Å². The van der Waals surface area contributed by atoms with Crippen LogP contribution >= 0.6 is 11.3 Å². The molecule has 0 atom stereocenters. The van der Waals surface area contributed by atoms with Crippen LogP contribution in [0, 0.1) is 6.92 Å². The van der Waals surface area contributed by atoms with Gasteiger partial charge in [0, 0.05) is 22.8 Å². The van der Waals surface area contributed by atoms with E-state index in [9.17, 15) is 0 Å². The lowest BCUT2D eigenvalue weighted by Gasteiger charge is -2.22. The van der Waals surface area contributed by atoms with Gasteiger partial charge in [0.25, 0.3) is 0 Å². The van der Waals surface area contributed by atoms with Crippen molar-refractivity contribution in [1.29, 1.82) is 0 Å². The fourth-order valence-electron chi connectivity index (χ4n) is 2.47. The Morgan fingerprint density at radius 1 is 1.19 bits per heavy atom. The van der Waals surface area contributed by atoms with Gasteiger partial charge in [0.1, 0.15) is 0 Å². The monoisotopic (exact) mass is 232 g/mol. The summed E-state index contributed by atoms with van der Waals surface area (Å²) in [5.41, 5.74) is 1.50. The third kappa shape index (κ3) is 1.87. The van der Waals surface area contributed by atoms with Gasteiger partial charge in [-0.05, 0) is 48.8 Å². The third-order valence-corrected chi connectivity index (χ3v) is 4.37. The minimum Gasteiger partial charge on any atom is -0.381 e. The largest absolute Gasteiger partial charge is 0.381 e. The standard InChI is InChI=1S/C14H16OS/c1-10-8-13-3-2-12(9-14(13)16-10)11-4-6-15-7-5-11/h2-3,8-9,11H,4-7H2,1H3. The van der Waals surface area contributed by atoms with Crippen LogP contribution in [-0.4, -0.2) is 13.2 Å². The molecule has 1 aliphatic rings. The number of thiophene rings is 1. The molecule has 3 rings (SSSR count). The maximum Gasteiger partial charge on any atom is 0.0471 e. The molecule has 1 aromatic carbocycles. The van der Waals surface area contributed by atoms with Crippen LogP contribution in [0.4, 0.5) is 0 Å². The summed E-state index contributed by atoms with van der Waals surface area (Å²) >= 11 is 1.90. The maximum atomic E-state index is 5.42. The van der Waals surface area contributed by atoms with Crippen molar-refractivity contribution in [2.45, 2.75) is 25.7 Å². The highest BCUT2D eigenvalue weighted by atomic mass is 32.1. The van der Waals surface area contributed by atoms with Gasteiger partial charge in [-0.1, -0.05) is 12.1 Å². The Morgan fingerprint density at radius 2 is 2.00 bits per heavy atom. The van der Waals surface area contributed by atoms with Gasteiger partial charge in [0.15, 0.2) is 0 Å². The van der Waals surface area contributed by atoms with E-state index < -0.39 is 0 Å². The first kappa shape index (κ1) is 10.3. The first-order valence-electron chi connectivity index (χ1n) is 5.91. The number of fused-ring (bicyclic) bond motifs is 1. The van der Waals surface area contributed by atoms with E-state index >= 15 is 0 Å². The highest BCUT2D eigenvalue weighted by molar-refractivity contribution is 7.19. The van der Waals surface area contributed by atoms with Crippen molar-refractivity contribution in [3.63, 3.8) is 0 Å². The third-order valence-electron chi connectivity index (χ3n) is 3.36. The van der Waals surface area contributed by atoms with Crippen molar-refractivity contribution < 1.29 is 4.74 Å². The quantitative estimate of drug-likeness (QED) is 0.719. The lowest BCUT2D eigenvalue weighted by atomic mass is 9.91. The number of aryl methyl sites for hydroxylation is 1. The van der Waals surface area contributed by atoms with Crippen LogP contribution in [0.3, 0.4) is 0 Å². The van der Waals surface area contributed by atoms with E-state index in [4.69, 9.17) is 4.74 Å². The molecule has 0 radical (unpaired) electrons. The van der Waals surface area contributed by atoms with Crippen LogP contribution in [0.5, 0.6) is 0 Å². The molecule has 0 amide bonds. The predicted octanol–water partition coefficient (Wildman–Crippen LogP) is 4.10. The van der Waals surface area contributed by atoms with Crippen molar-refractivity contribution in [2.24, 2.45) is 0 Å². The number of ether oxygens (including phenoxy) is 1. The Bertz CT molecular complexity index is 494. The number of hydrogen-bond donors (Lipinski definition) is 0. The van der Waals surface area contributed by atoms with Crippen LogP contribution in [-0.2, 0) is 4.74 Å². The molecule has 2 aromatic rings. The van der Waals surface area contributed by atoms with Crippen LogP contribution in [0.1, 0.15) is 29.2 Å². The smallest absolute Gasteiger partial charge is 0.0471 e. The van der Waals surface area contributed by atoms with E-state index in [0.717, 1.165) is 13.2 Å². The summed E-state index contributed by atoms with van der Waals surface area (Å²) in [7, 11) is 0. The van der Waals surface area contributed by atoms with Gasteiger partial charge in [-0.2, -0.15) is 0 Å². The fraction of sp³-hybridized carbons (Fsp3) is 0.429. The molecule has 1 fully saturated rings. The molecular formula is C14H16OS. The Balaban J connectivity index is 1.97. The summed E-state index contributed by atoms with van der Waals surface area (Å²) in [6, 6.07) is 9.21. The normalized spacial score (nSPS) is 18.1. The first-order valence-corrected chi connectivity index (χ1v) is 6.72. The molecule has 16 heavy (non-hydrogen) atoms. The summed E-state index contributed by atoms with van der Waals surface area (Å²) < 4.78 is 6.85. The van der Waals surface area contributed by atoms with Gasteiger partial charge in [-0.15, -0.1) is 11.3 Å². The molecule has 1 aliphatic heterocycles. The first-order chi connectivity index (χ1) is 7.83. The Labute approximate surface area is 100 Å². The number of hydrogen-bond acceptors (Lipinski definition) is 2. The Morgan fingerprint density at radius 3 is 2.81 bits per heavy atom. The second-order valence-electron chi connectivity index (χ2n) is 4.54. The Hall–Kier alpha value is -0.860. The maximum absolute atomic E-state index is 5.42. The fourth-order valence-corrected chi connectivity index (χ4v) is 3.44. The average Bonchev–Trinajstić information content (AvgIpc) is 2.69. The minimum atomic E-state index is 0.709. The second kappa shape index (κ2) is 4.19. The van der Waals surface area contributed by atoms with Crippen molar-refractivity contribution >= 4 is 21.4 Å². The molecule has 0 bridgehead atoms. The van der Waals surface area contributed by atoms with E-state index in [2.05, 4.69) is 31.2 Å². The minimum absolute atomic E-state index is 0.709. The van der Waals surface area contributed by atoms with E-state index in [0.29, 0.717) is 5.92 Å². The lowest BCUT2D eigenvalue weighted by molar-refractivity contribution is 0.0853. The highest BCUT2D eigenvalue weighted by Crippen LogP contribution is 2.32. The second-order valence-corrected chi connectivity index (χ2v) is 5.83. The lowest BCUT2D eigenvalue weighted by Crippen LogP contribution is -2.13. The van der Waals surface area contributed by atoms with Gasteiger partial charge in [0.2, 0.25) is 0 Å². The topological polar surface area (TPSA) is 9.23 Å². The van der Waals surface area contributed by atoms with Gasteiger partial charge >= 0.3 is 0 Å². The molecule has 1 aromatic heterocycles. The van der Waals surface area contributed by atoms with Crippen LogP contribution in [0.2, 0.25) is 0 Å². The zero-order valence-electron chi connectivity index (χ0n) is 9.53. The molecule has 2 heterocycles. The molecule has 1 saturated heterocycles. The van der Waals surface area contributed by atoms with Gasteiger partial charge in [-0.25, -0.2) is 0 Å². The van der Waals surface area contributed by atoms with Gasteiger partial charge < -0.3 is 4.74 Å². The molecule has 2 heteroatoms. The molecular weight excluding hydrogens is 216 g/mol. The summed E-state index contributed by atoms with van der Waals surface area (Å²) in [5, 5.41) is 1.39. The molecule has 84 valence electrons. The summed E-state index contributed by atoms with van der Waals surface area (Å²) in [6.45, 7) is 4.02. The summed E-state index contributed by atoms with van der Waals surface area (Å²) in [4.78, 5) is 1.40. The molecule has 1 nitrogen and oxygen atoms in total. The molecule has 0 saturated carbocycles. The summed E-state index contributed by atoms with van der Waals surface area (Å²) in [6.07, 6.45) is 2.35. The van der Waals surface area contributed by atoms with Crippen LogP contribution in [0.25, 0.3) is 10.1 Å². The van der Waals surface area contributed by atoms with Crippen molar-refractivity contribution in [3.8, 4) is 0 Å². The Kier molecular flexibility index (Phi) is 2.70. The van der Waals surface area contributed by atoms with Crippen molar-refractivity contribution in [2.75, 3.05) is 13.2 Å². The zero-order chi connectivity index (χ0) is 11.0. The number of rotatable bonds is 1. The zero-order valence-corrected chi connectivity index (χ0v) is 10.3. The molecule has 0 aliphatic carbocycles. The van der Waals surface area contributed by atoms with Crippen LogP contribution in [0.15, 0.2) is 24.3 Å². The van der Waals surface area contributed by atoms with E-state index in [1.165, 1.54) is 33.4 Å². The molecule has 0 spiro atoms. The van der Waals surface area contributed by atoms with Crippen molar-refractivity contribution in [1.82, 2.24) is 0 Å².